The second-order valence-corrected chi connectivity index (χ2v) is 6.94. The molecule has 0 aliphatic rings. The van der Waals surface area contributed by atoms with Crippen molar-refractivity contribution in [2.24, 2.45) is 0 Å². The molecule has 0 aliphatic heterocycles. The zero-order valence-electron chi connectivity index (χ0n) is 8.34. The van der Waals surface area contributed by atoms with Crippen molar-refractivity contribution in [1.29, 1.82) is 0 Å². The fourth-order valence-electron chi connectivity index (χ4n) is 1.21. The number of halogens is 3. The predicted molar refractivity (Wildman–Crippen MR) is 79.1 cm³/mol. The summed E-state index contributed by atoms with van der Waals surface area (Å²) in [7, 11) is 0. The number of hydrogen-bond acceptors (Lipinski definition) is 2. The van der Waals surface area contributed by atoms with E-state index in [4.69, 9.17) is 0 Å². The molecule has 88 valence electrons. The van der Waals surface area contributed by atoms with Crippen LogP contribution in [0.4, 0.5) is 10.1 Å². The Kier molecular flexibility index (Phi) is 4.16. The van der Waals surface area contributed by atoms with E-state index in [1.165, 1.54) is 23.5 Å². The highest BCUT2D eigenvalue weighted by atomic mass is 127. The molecule has 1 heterocycles. The van der Waals surface area contributed by atoms with Crippen molar-refractivity contribution in [3.05, 3.63) is 48.4 Å². The Hall–Kier alpha value is -0.470. The third-order valence-electron chi connectivity index (χ3n) is 2.01. The summed E-state index contributed by atoms with van der Waals surface area (Å²) in [5.74, 6) is -0.761. The lowest BCUT2D eigenvalue weighted by Gasteiger charge is -2.05. The lowest BCUT2D eigenvalue weighted by molar-refractivity contribution is 0.102. The van der Waals surface area contributed by atoms with Gasteiger partial charge >= 0.3 is 0 Å². The van der Waals surface area contributed by atoms with Crippen LogP contribution < -0.4 is 5.32 Å². The number of carbonyl (C=O) groups is 1. The Labute approximate surface area is 124 Å². The highest BCUT2D eigenvalue weighted by Gasteiger charge is 2.10. The molecule has 0 radical (unpaired) electrons. The molecule has 0 saturated heterocycles. The van der Waals surface area contributed by atoms with E-state index >= 15 is 0 Å². The van der Waals surface area contributed by atoms with Crippen LogP contribution in [0.1, 0.15) is 10.4 Å². The summed E-state index contributed by atoms with van der Waals surface area (Å²) in [6.07, 6.45) is 0. The highest BCUT2D eigenvalue weighted by Crippen LogP contribution is 2.21. The maximum atomic E-state index is 13.5. The minimum absolute atomic E-state index is 0.180. The first-order chi connectivity index (χ1) is 8.06. The summed E-state index contributed by atoms with van der Waals surface area (Å²) >= 11 is 6.77. The summed E-state index contributed by atoms with van der Waals surface area (Å²) in [5, 5.41) is 4.28. The van der Waals surface area contributed by atoms with Crippen molar-refractivity contribution in [2.75, 3.05) is 5.32 Å². The van der Waals surface area contributed by atoms with Gasteiger partial charge in [0.05, 0.1) is 14.1 Å². The summed E-state index contributed by atoms with van der Waals surface area (Å²) in [6.45, 7) is 0. The molecule has 0 fully saturated rings. The van der Waals surface area contributed by atoms with Gasteiger partial charge < -0.3 is 5.32 Å². The van der Waals surface area contributed by atoms with Gasteiger partial charge in [0.1, 0.15) is 5.82 Å². The van der Waals surface area contributed by atoms with Gasteiger partial charge in [-0.3, -0.25) is 4.79 Å². The van der Waals surface area contributed by atoms with E-state index in [2.05, 4.69) is 43.8 Å². The lowest BCUT2D eigenvalue weighted by Crippen LogP contribution is -2.11. The molecule has 1 N–H and O–H groups in total. The van der Waals surface area contributed by atoms with Gasteiger partial charge in [0.25, 0.3) is 5.91 Å². The maximum Gasteiger partial charge on any atom is 0.256 e. The molecule has 0 aliphatic carbocycles. The number of nitrogens with one attached hydrogen (secondary N) is 1. The number of rotatable bonds is 2. The lowest BCUT2D eigenvalue weighted by atomic mass is 10.2. The van der Waals surface area contributed by atoms with Crippen LogP contribution in [0.25, 0.3) is 0 Å². The predicted octanol–water partition coefficient (Wildman–Crippen LogP) is 4.51. The van der Waals surface area contributed by atoms with Crippen LogP contribution in [0.2, 0.25) is 0 Å². The van der Waals surface area contributed by atoms with Crippen LogP contribution in [-0.4, -0.2) is 5.91 Å². The van der Waals surface area contributed by atoms with Gasteiger partial charge in [-0.05, 0) is 46.9 Å². The van der Waals surface area contributed by atoms with E-state index in [0.717, 1.165) is 2.88 Å². The Balaban J connectivity index is 2.18. The number of thiophene rings is 1. The minimum Gasteiger partial charge on any atom is -0.319 e. The molecule has 2 aromatic rings. The normalized spacial score (nSPS) is 10.3. The molecule has 0 atom stereocenters. The average Bonchev–Trinajstić information content (AvgIpc) is 2.69. The number of carbonyl (C=O) groups excluding carboxylic acids is 1. The quantitative estimate of drug-likeness (QED) is 0.705. The molecule has 2 nitrogen and oxygen atoms in total. The van der Waals surface area contributed by atoms with Crippen molar-refractivity contribution in [2.45, 2.75) is 0 Å². The van der Waals surface area contributed by atoms with Crippen LogP contribution in [0.3, 0.4) is 0 Å². The smallest absolute Gasteiger partial charge is 0.256 e. The summed E-state index contributed by atoms with van der Waals surface area (Å²) < 4.78 is 15.1. The number of anilines is 1. The number of amides is 1. The van der Waals surface area contributed by atoms with Crippen molar-refractivity contribution in [1.82, 2.24) is 0 Å². The molecule has 0 unspecified atom stereocenters. The highest BCUT2D eigenvalue weighted by molar-refractivity contribution is 14.1. The van der Waals surface area contributed by atoms with E-state index in [1.54, 1.807) is 17.5 Å². The largest absolute Gasteiger partial charge is 0.319 e. The molecule has 6 heteroatoms. The van der Waals surface area contributed by atoms with E-state index in [9.17, 15) is 9.18 Å². The molecule has 17 heavy (non-hydrogen) atoms. The SMILES string of the molecule is O=C(Nc1ccc(Br)cc1F)c1csc(I)c1. The Morgan fingerprint density at radius 3 is 2.76 bits per heavy atom. The minimum atomic E-state index is -0.461. The van der Waals surface area contributed by atoms with Gasteiger partial charge in [-0.25, -0.2) is 4.39 Å². The van der Waals surface area contributed by atoms with Crippen molar-refractivity contribution in [3.8, 4) is 0 Å². The second kappa shape index (κ2) is 5.45. The number of hydrogen-bond donors (Lipinski definition) is 1. The van der Waals surface area contributed by atoms with Crippen LogP contribution in [0.15, 0.2) is 34.1 Å². The maximum absolute atomic E-state index is 13.5. The van der Waals surface area contributed by atoms with Crippen LogP contribution in [0.5, 0.6) is 0 Å². The number of benzene rings is 1. The fraction of sp³-hybridized carbons (Fsp3) is 0. The third-order valence-corrected chi connectivity index (χ3v) is 4.29. The first kappa shape index (κ1) is 13.0. The van der Waals surface area contributed by atoms with Gasteiger partial charge in [-0.1, -0.05) is 15.9 Å². The van der Waals surface area contributed by atoms with E-state index in [1.807, 2.05) is 0 Å². The van der Waals surface area contributed by atoms with Crippen molar-refractivity contribution in [3.63, 3.8) is 0 Å². The third kappa shape index (κ3) is 3.26. The zero-order chi connectivity index (χ0) is 12.4. The first-order valence-electron chi connectivity index (χ1n) is 4.56. The summed E-state index contributed by atoms with van der Waals surface area (Å²) in [5.41, 5.74) is 0.723. The molecule has 1 aromatic carbocycles. The van der Waals surface area contributed by atoms with Gasteiger partial charge in [-0.15, -0.1) is 11.3 Å². The van der Waals surface area contributed by atoms with E-state index < -0.39 is 5.82 Å². The standard InChI is InChI=1S/C11H6BrFINOS/c12-7-1-2-9(8(13)4-7)15-11(16)6-3-10(14)17-5-6/h1-5H,(H,15,16). The first-order valence-corrected chi connectivity index (χ1v) is 7.32. The van der Waals surface area contributed by atoms with Crippen molar-refractivity contribution >= 4 is 61.5 Å². The second-order valence-electron chi connectivity index (χ2n) is 3.22. The molecule has 1 amide bonds. The van der Waals surface area contributed by atoms with Crippen LogP contribution in [-0.2, 0) is 0 Å². The molecule has 2 rings (SSSR count). The molecule has 1 aromatic heterocycles. The molecule has 0 saturated carbocycles. The average molecular weight is 426 g/mol. The van der Waals surface area contributed by atoms with E-state index in [0.29, 0.717) is 10.0 Å². The topological polar surface area (TPSA) is 29.1 Å². The fourth-order valence-corrected chi connectivity index (χ4v) is 2.87. The van der Waals surface area contributed by atoms with E-state index in [-0.39, 0.29) is 11.6 Å². The van der Waals surface area contributed by atoms with Gasteiger partial charge in [0.2, 0.25) is 0 Å². The molecular weight excluding hydrogens is 420 g/mol. The molecule has 0 spiro atoms. The van der Waals surface area contributed by atoms with Gasteiger partial charge in [0, 0.05) is 9.85 Å². The summed E-state index contributed by atoms with van der Waals surface area (Å²) in [4.78, 5) is 11.8. The Morgan fingerprint density at radius 2 is 2.18 bits per heavy atom. The van der Waals surface area contributed by atoms with Gasteiger partial charge in [-0.2, -0.15) is 0 Å². The summed E-state index contributed by atoms with van der Waals surface area (Å²) in [6, 6.07) is 6.27. The van der Waals surface area contributed by atoms with Crippen LogP contribution in [0, 0.1) is 8.70 Å². The molecule has 0 bridgehead atoms. The Bertz CT molecular complexity index is 572. The Morgan fingerprint density at radius 1 is 1.41 bits per heavy atom. The molecular formula is C11H6BrFINOS. The van der Waals surface area contributed by atoms with Crippen molar-refractivity contribution < 1.29 is 9.18 Å². The zero-order valence-corrected chi connectivity index (χ0v) is 12.9. The van der Waals surface area contributed by atoms with Crippen LogP contribution >= 0.6 is 49.9 Å². The monoisotopic (exact) mass is 425 g/mol. The van der Waals surface area contributed by atoms with Gasteiger partial charge in [0.15, 0.2) is 0 Å².